The maximum Gasteiger partial charge on any atom is 0.408 e. The Morgan fingerprint density at radius 2 is 1.69 bits per heavy atom. The normalized spacial score (nSPS) is 12.2. The van der Waals surface area contributed by atoms with Crippen LogP contribution in [0.4, 0.5) is 10.6 Å². The van der Waals surface area contributed by atoms with Gasteiger partial charge in [-0.15, -0.1) is 0 Å². The van der Waals surface area contributed by atoms with E-state index in [9.17, 15) is 4.79 Å². The van der Waals surface area contributed by atoms with Crippen LogP contribution in [0.25, 0.3) is 10.9 Å². The molecular formula is C21H24N6O2. The third-order valence-corrected chi connectivity index (χ3v) is 3.89. The molecular weight excluding hydrogens is 368 g/mol. The van der Waals surface area contributed by atoms with Crippen LogP contribution >= 0.6 is 0 Å². The average Bonchev–Trinajstić information content (AvgIpc) is 2.65. The second kappa shape index (κ2) is 8.14. The van der Waals surface area contributed by atoms with Crippen molar-refractivity contribution in [3.05, 3.63) is 66.0 Å². The molecule has 0 aliphatic heterocycles. The van der Waals surface area contributed by atoms with Gasteiger partial charge >= 0.3 is 6.09 Å². The van der Waals surface area contributed by atoms with Crippen LogP contribution in [0.15, 0.2) is 59.6 Å². The van der Waals surface area contributed by atoms with Crippen molar-refractivity contribution >= 4 is 28.8 Å². The lowest BCUT2D eigenvalue weighted by Gasteiger charge is -2.23. The molecule has 1 aromatic heterocycles. The number of aromatic nitrogens is 2. The summed E-state index contributed by atoms with van der Waals surface area (Å²) >= 11 is 0. The number of para-hydroxylation sites is 1. The van der Waals surface area contributed by atoms with E-state index in [0.29, 0.717) is 22.5 Å². The van der Waals surface area contributed by atoms with Crippen molar-refractivity contribution in [2.75, 3.05) is 0 Å². The molecule has 0 fully saturated rings. The Labute approximate surface area is 169 Å². The molecule has 150 valence electrons. The number of benzene rings is 2. The number of carbonyl (C=O) groups is 1. The van der Waals surface area contributed by atoms with Crippen molar-refractivity contribution in [2.24, 2.45) is 16.5 Å². The minimum Gasteiger partial charge on any atom is -0.444 e. The first-order valence-electron chi connectivity index (χ1n) is 9.14. The number of nitrogens with zero attached hydrogens (tertiary/aromatic N) is 3. The van der Waals surface area contributed by atoms with Gasteiger partial charge in [0.05, 0.1) is 5.52 Å². The van der Waals surface area contributed by atoms with E-state index in [1.165, 1.54) is 0 Å². The number of ether oxygens (including phenoxy) is 1. The Kier molecular flexibility index (Phi) is 5.63. The maximum absolute atomic E-state index is 12.5. The van der Waals surface area contributed by atoms with E-state index in [2.05, 4.69) is 20.3 Å². The number of alkyl carbamates (subject to hydrolysis) is 1. The van der Waals surface area contributed by atoms with Gasteiger partial charge in [-0.05, 0) is 38.5 Å². The van der Waals surface area contributed by atoms with Gasteiger partial charge in [0, 0.05) is 5.39 Å². The fourth-order valence-electron chi connectivity index (χ4n) is 2.78. The summed E-state index contributed by atoms with van der Waals surface area (Å²) in [4.78, 5) is 25.8. The van der Waals surface area contributed by atoms with Gasteiger partial charge in [0.2, 0.25) is 0 Å². The largest absolute Gasteiger partial charge is 0.444 e. The minimum absolute atomic E-state index is 0.115. The Morgan fingerprint density at radius 3 is 2.34 bits per heavy atom. The number of carbonyl (C=O) groups excluding carboxylic acids is 1. The SMILES string of the molecule is CC(C)(C)OC(=O)NC(c1ccccc1)c1nc(N=C(N)N)c2ccccc2n1. The molecule has 1 unspecified atom stereocenters. The predicted octanol–water partition coefficient (Wildman–Crippen LogP) is 3.15. The van der Waals surface area contributed by atoms with Crippen LogP contribution in [0.3, 0.4) is 0 Å². The number of amides is 1. The minimum atomic E-state index is -0.649. The van der Waals surface area contributed by atoms with Crippen molar-refractivity contribution in [1.29, 1.82) is 0 Å². The monoisotopic (exact) mass is 392 g/mol. The summed E-state index contributed by atoms with van der Waals surface area (Å²) in [5.41, 5.74) is 12.0. The lowest BCUT2D eigenvalue weighted by Crippen LogP contribution is -2.36. The highest BCUT2D eigenvalue weighted by Gasteiger charge is 2.24. The summed E-state index contributed by atoms with van der Waals surface area (Å²) in [6.07, 6.45) is -0.577. The standard InChI is InChI=1S/C21H24N6O2/c1-21(2,3)29-20(28)25-16(13-9-5-4-6-10-13)18-24-15-12-8-7-11-14(15)17(26-18)27-19(22)23/h4-12,16H,1-3H3,(H,25,28)(H4,22,23,24,26,27). The molecule has 3 rings (SSSR count). The van der Waals surface area contributed by atoms with Crippen molar-refractivity contribution in [3.8, 4) is 0 Å². The number of nitrogens with one attached hydrogen (secondary N) is 1. The van der Waals surface area contributed by atoms with Crippen LogP contribution in [-0.4, -0.2) is 27.6 Å². The molecule has 0 saturated heterocycles. The molecule has 2 aromatic carbocycles. The predicted molar refractivity (Wildman–Crippen MR) is 113 cm³/mol. The molecule has 0 aliphatic rings. The summed E-state index contributed by atoms with van der Waals surface area (Å²) in [6.45, 7) is 5.40. The van der Waals surface area contributed by atoms with Gasteiger partial charge in [-0.1, -0.05) is 42.5 Å². The first-order valence-corrected chi connectivity index (χ1v) is 9.14. The van der Waals surface area contributed by atoms with Gasteiger partial charge in [-0.2, -0.15) is 4.99 Å². The van der Waals surface area contributed by atoms with E-state index in [-0.39, 0.29) is 5.96 Å². The number of rotatable bonds is 4. The summed E-state index contributed by atoms with van der Waals surface area (Å²) < 4.78 is 5.42. The average molecular weight is 392 g/mol. The molecule has 1 heterocycles. The summed E-state index contributed by atoms with van der Waals surface area (Å²) in [6, 6.07) is 16.1. The van der Waals surface area contributed by atoms with Gasteiger partial charge in [0.1, 0.15) is 11.6 Å². The van der Waals surface area contributed by atoms with Gasteiger partial charge in [0.15, 0.2) is 17.6 Å². The Bertz CT molecular complexity index is 1040. The number of guanidine groups is 1. The van der Waals surface area contributed by atoms with E-state index in [1.807, 2.05) is 54.6 Å². The molecule has 0 bridgehead atoms. The topological polar surface area (TPSA) is 129 Å². The quantitative estimate of drug-likeness (QED) is 0.462. The zero-order chi connectivity index (χ0) is 21.0. The highest BCUT2D eigenvalue weighted by atomic mass is 16.6. The van der Waals surface area contributed by atoms with E-state index in [1.54, 1.807) is 20.8 Å². The van der Waals surface area contributed by atoms with Crippen LogP contribution in [0.1, 0.15) is 38.2 Å². The summed E-state index contributed by atoms with van der Waals surface area (Å²) in [7, 11) is 0. The number of nitrogens with two attached hydrogens (primary N) is 2. The van der Waals surface area contributed by atoms with Crippen LogP contribution in [-0.2, 0) is 4.74 Å². The molecule has 29 heavy (non-hydrogen) atoms. The van der Waals surface area contributed by atoms with Gasteiger partial charge < -0.3 is 21.5 Å². The van der Waals surface area contributed by atoms with E-state index in [4.69, 9.17) is 16.2 Å². The van der Waals surface area contributed by atoms with Crippen LogP contribution < -0.4 is 16.8 Å². The fraction of sp³-hybridized carbons (Fsp3) is 0.238. The van der Waals surface area contributed by atoms with Gasteiger partial charge in [-0.3, -0.25) is 0 Å². The van der Waals surface area contributed by atoms with Crippen molar-refractivity contribution in [1.82, 2.24) is 15.3 Å². The van der Waals surface area contributed by atoms with Crippen molar-refractivity contribution < 1.29 is 9.53 Å². The molecule has 0 radical (unpaired) electrons. The molecule has 5 N–H and O–H groups in total. The van der Waals surface area contributed by atoms with Gasteiger partial charge in [-0.25, -0.2) is 14.8 Å². The van der Waals surface area contributed by atoms with Crippen molar-refractivity contribution in [3.63, 3.8) is 0 Å². The highest BCUT2D eigenvalue weighted by molar-refractivity contribution is 5.91. The first kappa shape index (κ1) is 20.1. The maximum atomic E-state index is 12.5. The molecule has 8 nitrogen and oxygen atoms in total. The zero-order valence-corrected chi connectivity index (χ0v) is 16.6. The lowest BCUT2D eigenvalue weighted by molar-refractivity contribution is 0.0510. The number of hydrogen-bond donors (Lipinski definition) is 3. The fourth-order valence-corrected chi connectivity index (χ4v) is 2.78. The van der Waals surface area contributed by atoms with E-state index < -0.39 is 17.7 Å². The van der Waals surface area contributed by atoms with Crippen molar-refractivity contribution in [2.45, 2.75) is 32.4 Å². The molecule has 3 aromatic rings. The van der Waals surface area contributed by atoms with Gasteiger partial charge in [0.25, 0.3) is 0 Å². The number of fused-ring (bicyclic) bond motifs is 1. The Morgan fingerprint density at radius 1 is 1.03 bits per heavy atom. The Balaban J connectivity index is 2.11. The second-order valence-corrected chi connectivity index (χ2v) is 7.45. The summed E-state index contributed by atoms with van der Waals surface area (Å²) in [5, 5.41) is 3.56. The van der Waals surface area contributed by atoms with E-state index in [0.717, 1.165) is 5.56 Å². The first-order chi connectivity index (χ1) is 13.7. The smallest absolute Gasteiger partial charge is 0.408 e. The highest BCUT2D eigenvalue weighted by Crippen LogP contribution is 2.27. The van der Waals surface area contributed by atoms with Crippen LogP contribution in [0, 0.1) is 0 Å². The molecule has 1 amide bonds. The third kappa shape index (κ3) is 5.19. The van der Waals surface area contributed by atoms with Crippen LogP contribution in [0.2, 0.25) is 0 Å². The Hall–Kier alpha value is -3.68. The summed E-state index contributed by atoms with van der Waals surface area (Å²) in [5.74, 6) is 0.564. The molecule has 1 atom stereocenters. The molecule has 0 saturated carbocycles. The van der Waals surface area contributed by atoms with Crippen LogP contribution in [0.5, 0.6) is 0 Å². The number of hydrogen-bond acceptors (Lipinski definition) is 5. The second-order valence-electron chi connectivity index (χ2n) is 7.45. The third-order valence-electron chi connectivity index (χ3n) is 3.89. The molecule has 0 spiro atoms. The lowest BCUT2D eigenvalue weighted by atomic mass is 10.1. The molecule has 8 heteroatoms. The zero-order valence-electron chi connectivity index (χ0n) is 16.6. The molecule has 0 aliphatic carbocycles. The number of aliphatic imine (C=N–C) groups is 1. The van der Waals surface area contributed by atoms with E-state index >= 15 is 0 Å².